The van der Waals surface area contributed by atoms with E-state index < -0.39 is 0 Å². The van der Waals surface area contributed by atoms with Crippen molar-refractivity contribution in [1.29, 1.82) is 0 Å². The quantitative estimate of drug-likeness (QED) is 0.518. The van der Waals surface area contributed by atoms with Crippen LogP contribution < -0.4 is 4.74 Å². The normalized spacial score (nSPS) is 11.0. The van der Waals surface area contributed by atoms with Gasteiger partial charge in [0, 0.05) is 6.07 Å². The van der Waals surface area contributed by atoms with Crippen molar-refractivity contribution in [3.05, 3.63) is 53.6 Å². The number of phenols is 2. The van der Waals surface area contributed by atoms with Gasteiger partial charge in [-0.25, -0.2) is 0 Å². The molecule has 0 atom stereocenters. The van der Waals surface area contributed by atoms with Gasteiger partial charge in [0.2, 0.25) is 0 Å². The lowest BCUT2D eigenvalue weighted by Gasteiger charge is -2.06. The fourth-order valence-electron chi connectivity index (χ4n) is 2.30. The molecule has 3 nitrogen and oxygen atoms in total. The molecule has 0 fully saturated rings. The number of aromatic hydroxyl groups is 2. The van der Waals surface area contributed by atoms with Gasteiger partial charge in [-0.3, -0.25) is 0 Å². The lowest BCUT2D eigenvalue weighted by molar-refractivity contribution is 0.305. The molecule has 0 bridgehead atoms. The van der Waals surface area contributed by atoms with Crippen LogP contribution in [0.5, 0.6) is 17.2 Å². The maximum atomic E-state index is 9.45. The Kier molecular flexibility index (Phi) is 6.55. The standard InChI is InChI=1S/C20H24O3/c1-2-3-4-5-12-23-20-10-8-16(9-11-20)6-7-17-13-18(21)15-19(22)14-17/h6-11,13-15,21-22H,2-5,12H2,1H3/b7-6+. The molecule has 0 aliphatic carbocycles. The maximum absolute atomic E-state index is 9.45. The summed E-state index contributed by atoms with van der Waals surface area (Å²) in [5.74, 6) is 0.988. The highest BCUT2D eigenvalue weighted by Gasteiger charge is 1.97. The summed E-state index contributed by atoms with van der Waals surface area (Å²) in [5, 5.41) is 18.9. The van der Waals surface area contributed by atoms with Crippen molar-refractivity contribution in [2.45, 2.75) is 32.6 Å². The van der Waals surface area contributed by atoms with E-state index in [1.807, 2.05) is 36.4 Å². The molecule has 0 saturated carbocycles. The molecule has 0 aromatic heterocycles. The van der Waals surface area contributed by atoms with Crippen LogP contribution in [-0.4, -0.2) is 16.8 Å². The molecule has 3 heteroatoms. The zero-order valence-corrected chi connectivity index (χ0v) is 13.5. The second-order valence-corrected chi connectivity index (χ2v) is 5.59. The predicted octanol–water partition coefficient (Wildman–Crippen LogP) is 5.23. The Hall–Kier alpha value is -2.42. The highest BCUT2D eigenvalue weighted by Crippen LogP contribution is 2.22. The van der Waals surface area contributed by atoms with Gasteiger partial charge in [0.1, 0.15) is 17.2 Å². The fourth-order valence-corrected chi connectivity index (χ4v) is 2.30. The summed E-state index contributed by atoms with van der Waals surface area (Å²) in [6, 6.07) is 12.4. The van der Waals surface area contributed by atoms with E-state index in [0.717, 1.165) is 29.9 Å². The largest absolute Gasteiger partial charge is 0.508 e. The Balaban J connectivity index is 1.88. The van der Waals surface area contributed by atoms with Gasteiger partial charge >= 0.3 is 0 Å². The number of ether oxygens (including phenoxy) is 1. The number of rotatable bonds is 8. The molecule has 0 aliphatic heterocycles. The lowest BCUT2D eigenvalue weighted by atomic mass is 10.1. The zero-order chi connectivity index (χ0) is 16.5. The Morgan fingerprint density at radius 3 is 2.13 bits per heavy atom. The van der Waals surface area contributed by atoms with Gasteiger partial charge in [0.25, 0.3) is 0 Å². The molecule has 0 aliphatic rings. The maximum Gasteiger partial charge on any atom is 0.119 e. The summed E-state index contributed by atoms with van der Waals surface area (Å²) in [7, 11) is 0. The molecule has 2 rings (SSSR count). The zero-order valence-electron chi connectivity index (χ0n) is 13.5. The summed E-state index contributed by atoms with van der Waals surface area (Å²) >= 11 is 0. The SMILES string of the molecule is CCCCCCOc1ccc(/C=C/c2cc(O)cc(O)c2)cc1. The lowest BCUT2D eigenvalue weighted by Crippen LogP contribution is -1.96. The van der Waals surface area contributed by atoms with Crippen LogP contribution in [-0.2, 0) is 0 Å². The van der Waals surface area contributed by atoms with Gasteiger partial charge in [-0.05, 0) is 41.8 Å². The molecule has 0 saturated heterocycles. The van der Waals surface area contributed by atoms with E-state index >= 15 is 0 Å². The van der Waals surface area contributed by atoms with Gasteiger partial charge in [-0.15, -0.1) is 0 Å². The third-order valence-electron chi connectivity index (χ3n) is 3.54. The van der Waals surface area contributed by atoms with Crippen molar-refractivity contribution < 1.29 is 14.9 Å². The Bertz CT molecular complexity index is 610. The van der Waals surface area contributed by atoms with Crippen LogP contribution in [0.1, 0.15) is 43.7 Å². The molecular weight excluding hydrogens is 288 g/mol. The van der Waals surface area contributed by atoms with Crippen molar-refractivity contribution in [3.8, 4) is 17.2 Å². The van der Waals surface area contributed by atoms with E-state index in [0.29, 0.717) is 0 Å². The smallest absolute Gasteiger partial charge is 0.119 e. The number of unbranched alkanes of at least 4 members (excludes halogenated alkanes) is 3. The second-order valence-electron chi connectivity index (χ2n) is 5.59. The number of hydrogen-bond acceptors (Lipinski definition) is 3. The van der Waals surface area contributed by atoms with Crippen LogP contribution in [0.3, 0.4) is 0 Å². The van der Waals surface area contributed by atoms with Crippen molar-refractivity contribution in [3.63, 3.8) is 0 Å². The summed E-state index contributed by atoms with van der Waals surface area (Å²) < 4.78 is 5.71. The molecule has 2 N–H and O–H groups in total. The highest BCUT2D eigenvalue weighted by molar-refractivity contribution is 5.71. The molecule has 122 valence electrons. The first kappa shape index (κ1) is 16.9. The van der Waals surface area contributed by atoms with Gasteiger partial charge in [0.15, 0.2) is 0 Å². The van der Waals surface area contributed by atoms with Gasteiger partial charge < -0.3 is 14.9 Å². The predicted molar refractivity (Wildman–Crippen MR) is 94.8 cm³/mol. The fraction of sp³-hybridized carbons (Fsp3) is 0.300. The monoisotopic (exact) mass is 312 g/mol. The first-order chi connectivity index (χ1) is 11.2. The van der Waals surface area contributed by atoms with Crippen LogP contribution >= 0.6 is 0 Å². The molecule has 0 unspecified atom stereocenters. The number of benzene rings is 2. The van der Waals surface area contributed by atoms with E-state index in [1.165, 1.54) is 25.3 Å². The third-order valence-corrected chi connectivity index (χ3v) is 3.54. The first-order valence-corrected chi connectivity index (χ1v) is 8.11. The molecular formula is C20H24O3. The van der Waals surface area contributed by atoms with E-state index in [-0.39, 0.29) is 11.5 Å². The summed E-state index contributed by atoms with van der Waals surface area (Å²) in [5.41, 5.74) is 1.78. The Labute approximate surface area is 137 Å². The van der Waals surface area contributed by atoms with Crippen LogP contribution in [0.25, 0.3) is 12.2 Å². The van der Waals surface area contributed by atoms with E-state index in [2.05, 4.69) is 6.92 Å². The number of hydrogen-bond donors (Lipinski definition) is 2. The van der Waals surface area contributed by atoms with Crippen LogP contribution in [0.4, 0.5) is 0 Å². The summed E-state index contributed by atoms with van der Waals surface area (Å²) in [6.07, 6.45) is 8.58. The van der Waals surface area contributed by atoms with E-state index in [1.54, 1.807) is 12.1 Å². The summed E-state index contributed by atoms with van der Waals surface area (Å²) in [4.78, 5) is 0. The second kappa shape index (κ2) is 8.89. The Morgan fingerprint density at radius 2 is 1.48 bits per heavy atom. The summed E-state index contributed by atoms with van der Waals surface area (Å²) in [6.45, 7) is 2.96. The van der Waals surface area contributed by atoms with Crippen molar-refractivity contribution in [2.75, 3.05) is 6.61 Å². The average molecular weight is 312 g/mol. The molecule has 0 heterocycles. The van der Waals surface area contributed by atoms with Crippen LogP contribution in [0.2, 0.25) is 0 Å². The number of phenolic OH excluding ortho intramolecular Hbond substituents is 2. The van der Waals surface area contributed by atoms with E-state index in [9.17, 15) is 10.2 Å². The first-order valence-electron chi connectivity index (χ1n) is 8.11. The highest BCUT2D eigenvalue weighted by atomic mass is 16.5. The molecule has 23 heavy (non-hydrogen) atoms. The van der Waals surface area contributed by atoms with Gasteiger partial charge in [0.05, 0.1) is 6.61 Å². The van der Waals surface area contributed by atoms with Gasteiger partial charge in [-0.2, -0.15) is 0 Å². The molecule has 0 radical (unpaired) electrons. The Morgan fingerprint density at radius 1 is 0.826 bits per heavy atom. The molecule has 2 aromatic rings. The third kappa shape index (κ3) is 6.07. The van der Waals surface area contributed by atoms with Gasteiger partial charge in [-0.1, -0.05) is 50.5 Å². The van der Waals surface area contributed by atoms with Crippen LogP contribution in [0, 0.1) is 0 Å². The van der Waals surface area contributed by atoms with Crippen molar-refractivity contribution in [1.82, 2.24) is 0 Å². The van der Waals surface area contributed by atoms with Crippen LogP contribution in [0.15, 0.2) is 42.5 Å². The molecule has 0 spiro atoms. The molecule has 2 aromatic carbocycles. The van der Waals surface area contributed by atoms with E-state index in [4.69, 9.17) is 4.74 Å². The topological polar surface area (TPSA) is 49.7 Å². The minimum absolute atomic E-state index is 0.0523. The minimum Gasteiger partial charge on any atom is -0.508 e. The average Bonchev–Trinajstić information content (AvgIpc) is 2.53. The molecule has 0 amide bonds. The van der Waals surface area contributed by atoms with Crippen molar-refractivity contribution in [2.24, 2.45) is 0 Å². The minimum atomic E-state index is 0.0523. The van der Waals surface area contributed by atoms with Crippen molar-refractivity contribution >= 4 is 12.2 Å².